The van der Waals surface area contributed by atoms with Crippen molar-refractivity contribution < 1.29 is 24.2 Å². The lowest BCUT2D eigenvalue weighted by atomic mass is 9.98. The Labute approximate surface area is 202 Å². The number of amides is 2. The van der Waals surface area contributed by atoms with Crippen LogP contribution in [0.5, 0.6) is 0 Å². The van der Waals surface area contributed by atoms with Gasteiger partial charge in [-0.05, 0) is 34.4 Å². The lowest BCUT2D eigenvalue weighted by Gasteiger charge is -2.15. The van der Waals surface area contributed by atoms with E-state index in [1.165, 1.54) is 18.3 Å². The standard InChI is InChI=1S/C27H23N3O5/c1-2-7-24(26(32)33)30-25(31)17-12-13-28-18(14-17)15-29-27(34)35-16-23-21-10-5-3-8-19(21)20-9-4-6-11-22(20)23/h1,3-6,8-14,23-24H,7,15-16H2,(H,29,34)(H,30,31)(H,32,33). The van der Waals surface area contributed by atoms with E-state index < -0.39 is 24.0 Å². The Balaban J connectivity index is 1.34. The molecule has 8 heteroatoms. The zero-order valence-electron chi connectivity index (χ0n) is 18.7. The highest BCUT2D eigenvalue weighted by Crippen LogP contribution is 2.44. The number of carbonyl (C=O) groups is 3. The van der Waals surface area contributed by atoms with Crippen LogP contribution < -0.4 is 10.6 Å². The Hall–Kier alpha value is -4.64. The maximum Gasteiger partial charge on any atom is 0.407 e. The number of terminal acetylenes is 1. The summed E-state index contributed by atoms with van der Waals surface area (Å²) in [5.74, 6) is 0.352. The van der Waals surface area contributed by atoms with Crippen LogP contribution >= 0.6 is 0 Å². The molecule has 1 unspecified atom stereocenters. The molecule has 0 fully saturated rings. The van der Waals surface area contributed by atoms with Gasteiger partial charge in [-0.1, -0.05) is 48.5 Å². The minimum absolute atomic E-state index is 0.0323. The number of carboxylic acids is 1. The minimum atomic E-state index is -1.22. The van der Waals surface area contributed by atoms with Crippen molar-refractivity contribution >= 4 is 18.0 Å². The Bertz CT molecular complexity index is 1270. The number of ether oxygens (including phenoxy) is 1. The Morgan fingerprint density at radius 3 is 2.34 bits per heavy atom. The fraction of sp³-hybridized carbons (Fsp3) is 0.185. The Morgan fingerprint density at radius 2 is 1.71 bits per heavy atom. The predicted molar refractivity (Wildman–Crippen MR) is 128 cm³/mol. The van der Waals surface area contributed by atoms with Crippen LogP contribution in [-0.4, -0.2) is 40.7 Å². The smallest absolute Gasteiger partial charge is 0.407 e. The van der Waals surface area contributed by atoms with Gasteiger partial charge >= 0.3 is 12.1 Å². The number of alkyl carbamates (subject to hydrolysis) is 1. The molecule has 1 atom stereocenters. The predicted octanol–water partition coefficient (Wildman–Crippen LogP) is 3.33. The van der Waals surface area contributed by atoms with E-state index in [1.807, 2.05) is 36.4 Å². The van der Waals surface area contributed by atoms with Crippen LogP contribution in [-0.2, 0) is 16.1 Å². The lowest BCUT2D eigenvalue weighted by molar-refractivity contribution is -0.139. The second-order valence-corrected chi connectivity index (χ2v) is 7.99. The van der Waals surface area contributed by atoms with Crippen LogP contribution in [0.3, 0.4) is 0 Å². The molecule has 0 saturated carbocycles. The molecule has 0 aliphatic heterocycles. The van der Waals surface area contributed by atoms with Gasteiger partial charge < -0.3 is 20.5 Å². The number of nitrogens with one attached hydrogen (secondary N) is 2. The van der Waals surface area contributed by atoms with Gasteiger partial charge in [0.15, 0.2) is 0 Å². The molecule has 0 bridgehead atoms. The van der Waals surface area contributed by atoms with Crippen molar-refractivity contribution in [2.24, 2.45) is 0 Å². The number of benzene rings is 2. The molecule has 1 aromatic heterocycles. The van der Waals surface area contributed by atoms with Gasteiger partial charge in [0.1, 0.15) is 12.6 Å². The van der Waals surface area contributed by atoms with Crippen LogP contribution in [0, 0.1) is 12.3 Å². The highest BCUT2D eigenvalue weighted by Gasteiger charge is 2.29. The fourth-order valence-corrected chi connectivity index (χ4v) is 4.09. The highest BCUT2D eigenvalue weighted by atomic mass is 16.5. The van der Waals surface area contributed by atoms with Gasteiger partial charge in [0.2, 0.25) is 0 Å². The third kappa shape index (κ3) is 5.31. The summed E-state index contributed by atoms with van der Waals surface area (Å²) in [7, 11) is 0. The number of carbonyl (C=O) groups excluding carboxylic acids is 2. The Kier molecular flexibility index (Phi) is 7.07. The van der Waals surface area contributed by atoms with E-state index in [0.717, 1.165) is 22.3 Å². The van der Waals surface area contributed by atoms with Gasteiger partial charge in [-0.15, -0.1) is 12.3 Å². The van der Waals surface area contributed by atoms with Crippen LogP contribution in [0.15, 0.2) is 66.9 Å². The van der Waals surface area contributed by atoms with Crippen molar-refractivity contribution in [2.75, 3.05) is 6.61 Å². The maximum atomic E-state index is 12.4. The van der Waals surface area contributed by atoms with Gasteiger partial charge in [-0.2, -0.15) is 0 Å². The number of aliphatic carboxylic acids is 1. The number of aromatic nitrogens is 1. The summed E-state index contributed by atoms with van der Waals surface area (Å²) in [5, 5.41) is 14.2. The quantitative estimate of drug-likeness (QED) is 0.436. The van der Waals surface area contributed by atoms with E-state index in [-0.39, 0.29) is 31.1 Å². The van der Waals surface area contributed by atoms with Crippen molar-refractivity contribution in [1.82, 2.24) is 15.6 Å². The number of hydrogen-bond acceptors (Lipinski definition) is 5. The number of hydrogen-bond donors (Lipinski definition) is 3. The summed E-state index contributed by atoms with van der Waals surface area (Å²) in [6.45, 7) is 0.214. The number of carboxylic acid groups (broad SMARTS) is 1. The molecule has 8 nitrogen and oxygen atoms in total. The first-order chi connectivity index (χ1) is 17.0. The summed E-state index contributed by atoms with van der Waals surface area (Å²) in [6.07, 6.45) is 5.82. The van der Waals surface area contributed by atoms with Crippen LogP contribution in [0.1, 0.15) is 39.5 Å². The number of pyridine rings is 1. The van der Waals surface area contributed by atoms with Crippen molar-refractivity contribution in [3.63, 3.8) is 0 Å². The fourth-order valence-electron chi connectivity index (χ4n) is 4.09. The summed E-state index contributed by atoms with van der Waals surface area (Å²) in [4.78, 5) is 40.1. The molecule has 0 spiro atoms. The molecule has 1 aliphatic rings. The first-order valence-electron chi connectivity index (χ1n) is 11.0. The zero-order chi connectivity index (χ0) is 24.8. The van der Waals surface area contributed by atoms with E-state index in [9.17, 15) is 14.4 Å². The average molecular weight is 469 g/mol. The van der Waals surface area contributed by atoms with Crippen LogP contribution in [0.2, 0.25) is 0 Å². The van der Waals surface area contributed by atoms with Crippen molar-refractivity contribution in [1.29, 1.82) is 0 Å². The van der Waals surface area contributed by atoms with E-state index in [2.05, 4.69) is 33.7 Å². The van der Waals surface area contributed by atoms with Gasteiger partial charge in [0.05, 0.1) is 12.2 Å². The first kappa shape index (κ1) is 23.5. The Morgan fingerprint density at radius 1 is 1.06 bits per heavy atom. The summed E-state index contributed by atoms with van der Waals surface area (Å²) in [5.41, 5.74) is 5.13. The third-order valence-electron chi connectivity index (χ3n) is 5.76. The SMILES string of the molecule is C#CCC(NC(=O)c1ccnc(CNC(=O)OCC2c3ccccc3-c3ccccc32)c1)C(=O)O. The number of rotatable bonds is 8. The zero-order valence-corrected chi connectivity index (χ0v) is 18.7. The van der Waals surface area contributed by atoms with E-state index in [0.29, 0.717) is 5.69 Å². The lowest BCUT2D eigenvalue weighted by Crippen LogP contribution is -2.40. The number of fused-ring (bicyclic) bond motifs is 3. The van der Waals surface area contributed by atoms with Gasteiger partial charge in [0.25, 0.3) is 5.91 Å². The van der Waals surface area contributed by atoms with E-state index in [4.69, 9.17) is 16.3 Å². The molecule has 2 aromatic carbocycles. The first-order valence-corrected chi connectivity index (χ1v) is 11.0. The monoisotopic (exact) mass is 469 g/mol. The number of nitrogens with zero attached hydrogens (tertiary/aromatic N) is 1. The largest absolute Gasteiger partial charge is 0.480 e. The molecule has 3 N–H and O–H groups in total. The molecule has 0 radical (unpaired) electrons. The van der Waals surface area contributed by atoms with Gasteiger partial charge in [-0.25, -0.2) is 9.59 Å². The third-order valence-corrected chi connectivity index (χ3v) is 5.76. The molecule has 176 valence electrons. The van der Waals surface area contributed by atoms with Crippen molar-refractivity contribution in [3.05, 3.63) is 89.2 Å². The molecule has 2 amide bonds. The molecular formula is C27H23N3O5. The topological polar surface area (TPSA) is 118 Å². The minimum Gasteiger partial charge on any atom is -0.480 e. The summed E-state index contributed by atoms with van der Waals surface area (Å²) >= 11 is 0. The van der Waals surface area contributed by atoms with Gasteiger partial charge in [-0.3, -0.25) is 9.78 Å². The van der Waals surface area contributed by atoms with E-state index >= 15 is 0 Å². The van der Waals surface area contributed by atoms with Crippen molar-refractivity contribution in [2.45, 2.75) is 24.9 Å². The van der Waals surface area contributed by atoms with E-state index in [1.54, 1.807) is 0 Å². The molecule has 4 rings (SSSR count). The highest BCUT2D eigenvalue weighted by molar-refractivity contribution is 5.96. The average Bonchev–Trinajstić information content (AvgIpc) is 3.19. The summed E-state index contributed by atoms with van der Waals surface area (Å²) in [6, 6.07) is 17.9. The van der Waals surface area contributed by atoms with Crippen LogP contribution in [0.25, 0.3) is 11.1 Å². The maximum absolute atomic E-state index is 12.4. The molecule has 1 aliphatic carbocycles. The second kappa shape index (κ2) is 10.5. The summed E-state index contributed by atoms with van der Waals surface area (Å²) < 4.78 is 5.50. The molecule has 35 heavy (non-hydrogen) atoms. The van der Waals surface area contributed by atoms with Crippen molar-refractivity contribution in [3.8, 4) is 23.5 Å². The molecule has 0 saturated heterocycles. The molecular weight excluding hydrogens is 446 g/mol. The second-order valence-electron chi connectivity index (χ2n) is 7.99. The molecule has 3 aromatic rings. The normalized spacial score (nSPS) is 12.5. The molecule has 1 heterocycles. The van der Waals surface area contributed by atoms with Crippen LogP contribution in [0.4, 0.5) is 4.79 Å². The van der Waals surface area contributed by atoms with Gasteiger partial charge in [0, 0.05) is 24.1 Å².